The zero-order valence-electron chi connectivity index (χ0n) is 14.4. The zero-order chi connectivity index (χ0) is 18.9. The van der Waals surface area contributed by atoms with Crippen LogP contribution in [0.1, 0.15) is 11.1 Å². The summed E-state index contributed by atoms with van der Waals surface area (Å²) in [5, 5.41) is 0.499. The third kappa shape index (κ3) is 4.11. The van der Waals surface area contributed by atoms with E-state index in [1.807, 2.05) is 18.2 Å². The van der Waals surface area contributed by atoms with Gasteiger partial charge in [0.1, 0.15) is 6.54 Å². The first-order chi connectivity index (χ1) is 12.2. The van der Waals surface area contributed by atoms with Crippen LogP contribution in [0.5, 0.6) is 0 Å². The summed E-state index contributed by atoms with van der Waals surface area (Å²) in [6.07, 6.45) is 1.81. The van der Waals surface area contributed by atoms with E-state index in [0.717, 1.165) is 22.5 Å². The average Bonchev–Trinajstić information content (AvgIpc) is 2.58. The van der Waals surface area contributed by atoms with Gasteiger partial charge in [-0.3, -0.25) is 9.10 Å². The highest BCUT2D eigenvalue weighted by molar-refractivity contribution is 7.92. The van der Waals surface area contributed by atoms with Crippen molar-refractivity contribution < 1.29 is 13.2 Å². The van der Waals surface area contributed by atoms with Crippen molar-refractivity contribution in [1.29, 1.82) is 0 Å². The van der Waals surface area contributed by atoms with Crippen LogP contribution in [0.2, 0.25) is 5.02 Å². The monoisotopic (exact) mass is 393 g/mol. The molecule has 0 unspecified atom stereocenters. The third-order valence-corrected chi connectivity index (χ3v) is 5.78. The van der Waals surface area contributed by atoms with Crippen molar-refractivity contribution in [2.45, 2.75) is 13.0 Å². The molecule has 0 spiro atoms. The third-order valence-electron chi connectivity index (χ3n) is 4.39. The summed E-state index contributed by atoms with van der Waals surface area (Å²) in [5.41, 5.74) is 9.06. The number of amides is 1. The number of anilines is 2. The van der Waals surface area contributed by atoms with Crippen molar-refractivity contribution in [2.24, 2.45) is 0 Å². The van der Waals surface area contributed by atoms with Crippen LogP contribution in [0, 0.1) is 0 Å². The van der Waals surface area contributed by atoms with Crippen LogP contribution in [0.15, 0.2) is 42.5 Å². The molecule has 1 aliphatic heterocycles. The Morgan fingerprint density at radius 1 is 1.19 bits per heavy atom. The Hall–Kier alpha value is -2.25. The number of hydrogen-bond donors (Lipinski definition) is 1. The maximum Gasteiger partial charge on any atom is 0.243 e. The number of hydrogen-bond acceptors (Lipinski definition) is 4. The SMILES string of the molecule is CS(=O)(=O)N(CC(=O)N1CCc2ccc(N)cc2C1)c1ccc(Cl)cc1. The molecule has 26 heavy (non-hydrogen) atoms. The second-order valence-electron chi connectivity index (χ2n) is 6.34. The Balaban J connectivity index is 1.79. The molecule has 2 aromatic carbocycles. The molecule has 0 atom stereocenters. The van der Waals surface area contributed by atoms with Crippen LogP contribution in [0.3, 0.4) is 0 Å². The van der Waals surface area contributed by atoms with E-state index >= 15 is 0 Å². The molecule has 8 heteroatoms. The minimum atomic E-state index is -3.61. The fraction of sp³-hybridized carbons (Fsp3) is 0.278. The number of benzene rings is 2. The van der Waals surface area contributed by atoms with Crippen molar-refractivity contribution >= 4 is 38.9 Å². The number of fused-ring (bicyclic) bond motifs is 1. The van der Waals surface area contributed by atoms with Crippen molar-refractivity contribution in [1.82, 2.24) is 4.90 Å². The summed E-state index contributed by atoms with van der Waals surface area (Å²) in [5.74, 6) is -0.251. The Morgan fingerprint density at radius 2 is 1.88 bits per heavy atom. The van der Waals surface area contributed by atoms with E-state index in [9.17, 15) is 13.2 Å². The molecule has 2 N–H and O–H groups in total. The number of nitrogen functional groups attached to an aromatic ring is 1. The molecule has 0 fully saturated rings. The van der Waals surface area contributed by atoms with Crippen LogP contribution >= 0.6 is 11.6 Å². The molecule has 1 aliphatic rings. The number of rotatable bonds is 4. The summed E-state index contributed by atoms with van der Waals surface area (Å²) in [6.45, 7) is 0.726. The molecule has 1 amide bonds. The van der Waals surface area contributed by atoms with Crippen LogP contribution in [-0.4, -0.2) is 38.6 Å². The van der Waals surface area contributed by atoms with Gasteiger partial charge in [0, 0.05) is 23.8 Å². The zero-order valence-corrected chi connectivity index (χ0v) is 15.9. The Bertz CT molecular complexity index is 929. The molecule has 0 aromatic heterocycles. The lowest BCUT2D eigenvalue weighted by Crippen LogP contribution is -2.44. The van der Waals surface area contributed by atoms with E-state index in [1.54, 1.807) is 29.2 Å². The fourth-order valence-electron chi connectivity index (χ4n) is 3.02. The van der Waals surface area contributed by atoms with E-state index in [4.69, 9.17) is 17.3 Å². The summed E-state index contributed by atoms with van der Waals surface area (Å²) in [6, 6.07) is 12.1. The first-order valence-electron chi connectivity index (χ1n) is 8.12. The van der Waals surface area contributed by atoms with Gasteiger partial charge < -0.3 is 10.6 Å². The molecule has 3 rings (SSSR count). The van der Waals surface area contributed by atoms with Crippen LogP contribution < -0.4 is 10.0 Å². The fourth-order valence-corrected chi connectivity index (χ4v) is 4.00. The first kappa shape index (κ1) is 18.5. The van der Waals surface area contributed by atoms with Gasteiger partial charge >= 0.3 is 0 Å². The van der Waals surface area contributed by atoms with Crippen molar-refractivity contribution in [3.63, 3.8) is 0 Å². The Morgan fingerprint density at radius 3 is 2.54 bits per heavy atom. The molecule has 2 aromatic rings. The number of carbonyl (C=O) groups is 1. The Kier molecular flexibility index (Phi) is 5.11. The van der Waals surface area contributed by atoms with Gasteiger partial charge in [-0.05, 0) is 53.9 Å². The van der Waals surface area contributed by atoms with Crippen molar-refractivity contribution in [3.8, 4) is 0 Å². The minimum Gasteiger partial charge on any atom is -0.399 e. The lowest BCUT2D eigenvalue weighted by Gasteiger charge is -2.31. The maximum absolute atomic E-state index is 12.8. The first-order valence-corrected chi connectivity index (χ1v) is 10.3. The second kappa shape index (κ2) is 7.17. The van der Waals surface area contributed by atoms with Gasteiger partial charge in [-0.15, -0.1) is 0 Å². The number of sulfonamides is 1. The molecule has 0 saturated carbocycles. The highest BCUT2D eigenvalue weighted by Crippen LogP contribution is 2.23. The summed E-state index contributed by atoms with van der Waals surface area (Å²) < 4.78 is 25.5. The predicted octanol–water partition coefficient (Wildman–Crippen LogP) is 2.27. The molecule has 138 valence electrons. The van der Waals surface area contributed by atoms with Gasteiger partial charge in [0.05, 0.1) is 11.9 Å². The molecular weight excluding hydrogens is 374 g/mol. The van der Waals surface area contributed by atoms with Crippen LogP contribution in [-0.2, 0) is 27.8 Å². The largest absolute Gasteiger partial charge is 0.399 e. The van der Waals surface area contributed by atoms with Gasteiger partial charge in [-0.1, -0.05) is 17.7 Å². The lowest BCUT2D eigenvalue weighted by atomic mass is 9.99. The summed E-state index contributed by atoms with van der Waals surface area (Å²) in [4.78, 5) is 14.4. The normalized spacial score (nSPS) is 14.0. The minimum absolute atomic E-state index is 0.251. The highest BCUT2D eigenvalue weighted by atomic mass is 35.5. The lowest BCUT2D eigenvalue weighted by molar-refractivity contribution is -0.130. The molecule has 0 saturated heterocycles. The van der Waals surface area contributed by atoms with E-state index in [-0.39, 0.29) is 12.5 Å². The van der Waals surface area contributed by atoms with Crippen LogP contribution in [0.4, 0.5) is 11.4 Å². The second-order valence-corrected chi connectivity index (χ2v) is 8.68. The van der Waals surface area contributed by atoms with Gasteiger partial charge in [-0.2, -0.15) is 0 Å². The quantitative estimate of drug-likeness (QED) is 0.807. The number of nitrogens with zero attached hydrogens (tertiary/aromatic N) is 2. The molecule has 0 bridgehead atoms. The number of halogens is 1. The topological polar surface area (TPSA) is 83.7 Å². The molecule has 6 nitrogen and oxygen atoms in total. The summed E-state index contributed by atoms with van der Waals surface area (Å²) in [7, 11) is -3.61. The van der Waals surface area contributed by atoms with Crippen molar-refractivity contribution in [2.75, 3.05) is 29.4 Å². The number of nitrogens with two attached hydrogens (primary N) is 1. The van der Waals surface area contributed by atoms with E-state index in [1.165, 1.54) is 5.56 Å². The molecular formula is C18H20ClN3O3S. The van der Waals surface area contributed by atoms with Gasteiger partial charge in [0.2, 0.25) is 15.9 Å². The van der Waals surface area contributed by atoms with E-state index in [0.29, 0.717) is 29.5 Å². The maximum atomic E-state index is 12.8. The van der Waals surface area contributed by atoms with E-state index < -0.39 is 10.0 Å². The van der Waals surface area contributed by atoms with Gasteiger partial charge in [-0.25, -0.2) is 8.42 Å². The summed E-state index contributed by atoms with van der Waals surface area (Å²) >= 11 is 5.87. The smallest absolute Gasteiger partial charge is 0.243 e. The standard InChI is InChI=1S/C18H20ClN3O3S/c1-26(24,25)22(17-6-3-15(19)4-7-17)12-18(23)21-9-8-13-2-5-16(20)10-14(13)11-21/h2-7,10H,8-9,11-12,20H2,1H3. The average molecular weight is 394 g/mol. The van der Waals surface area contributed by atoms with Gasteiger partial charge in [0.25, 0.3) is 0 Å². The predicted molar refractivity (Wildman–Crippen MR) is 104 cm³/mol. The van der Waals surface area contributed by atoms with Crippen molar-refractivity contribution in [3.05, 3.63) is 58.6 Å². The van der Waals surface area contributed by atoms with E-state index in [2.05, 4.69) is 0 Å². The molecule has 0 radical (unpaired) electrons. The van der Waals surface area contributed by atoms with Crippen LogP contribution in [0.25, 0.3) is 0 Å². The Labute approximate surface area is 158 Å². The molecule has 0 aliphatic carbocycles. The molecule has 1 heterocycles. The number of carbonyl (C=O) groups excluding carboxylic acids is 1. The highest BCUT2D eigenvalue weighted by Gasteiger charge is 2.26. The van der Waals surface area contributed by atoms with Gasteiger partial charge in [0.15, 0.2) is 0 Å².